The molecule has 0 saturated heterocycles. The molecule has 7 nitrogen and oxygen atoms in total. The number of hydrogen-bond acceptors (Lipinski definition) is 6. The molecular weight excluding hydrogens is 458 g/mol. The van der Waals surface area contributed by atoms with Crippen LogP contribution >= 0.6 is 0 Å². The van der Waals surface area contributed by atoms with Crippen LogP contribution in [0.4, 0.5) is 0 Å². The maximum Gasteiger partial charge on any atom is 0.339 e. The molecular formula is C29H37NO6. The molecule has 2 aliphatic carbocycles. The number of aromatic carboxylic acids is 1. The van der Waals surface area contributed by atoms with Gasteiger partial charge in [0.25, 0.3) is 0 Å². The smallest absolute Gasteiger partial charge is 0.339 e. The second-order valence-electron chi connectivity index (χ2n) is 11.8. The van der Waals surface area contributed by atoms with Gasteiger partial charge < -0.3 is 19.5 Å². The molecule has 1 aromatic carbocycles. The van der Waals surface area contributed by atoms with E-state index in [2.05, 4.69) is 32.6 Å². The minimum Gasteiger partial charge on any atom is -0.496 e. The fraction of sp³-hybridized carbons (Fsp3) is 0.552. The average molecular weight is 496 g/mol. The number of methoxy groups -OCH3 is 2. The highest BCUT2D eigenvalue weighted by atomic mass is 16.5. The van der Waals surface area contributed by atoms with Gasteiger partial charge in [0.1, 0.15) is 11.3 Å². The Morgan fingerprint density at radius 2 is 1.53 bits per heavy atom. The van der Waals surface area contributed by atoms with Gasteiger partial charge in [0.15, 0.2) is 11.6 Å². The van der Waals surface area contributed by atoms with Gasteiger partial charge in [0.05, 0.1) is 7.11 Å². The molecule has 194 valence electrons. The Balaban J connectivity index is 1.98. The fourth-order valence-corrected chi connectivity index (χ4v) is 6.09. The first-order valence-electron chi connectivity index (χ1n) is 12.6. The lowest BCUT2D eigenvalue weighted by atomic mass is 9.63. The van der Waals surface area contributed by atoms with Gasteiger partial charge in [-0.3, -0.25) is 9.59 Å². The van der Waals surface area contributed by atoms with Gasteiger partial charge in [0.2, 0.25) is 0 Å². The number of carbonyl (C=O) groups is 3. The summed E-state index contributed by atoms with van der Waals surface area (Å²) in [4.78, 5) is 41.8. The molecule has 0 fully saturated rings. The van der Waals surface area contributed by atoms with Crippen LogP contribution in [0.2, 0.25) is 0 Å². The second-order valence-corrected chi connectivity index (χ2v) is 11.8. The summed E-state index contributed by atoms with van der Waals surface area (Å²) >= 11 is 0. The van der Waals surface area contributed by atoms with Crippen LogP contribution in [0.5, 0.6) is 5.75 Å². The van der Waals surface area contributed by atoms with Crippen LogP contribution in [0.25, 0.3) is 0 Å². The lowest BCUT2D eigenvalue weighted by molar-refractivity contribution is -0.119. The number of rotatable bonds is 7. The van der Waals surface area contributed by atoms with Crippen LogP contribution in [-0.2, 0) is 14.3 Å². The summed E-state index contributed by atoms with van der Waals surface area (Å²) in [6, 6.07) is 4.99. The van der Waals surface area contributed by atoms with E-state index in [9.17, 15) is 19.5 Å². The maximum absolute atomic E-state index is 13.8. The van der Waals surface area contributed by atoms with E-state index in [-0.39, 0.29) is 33.7 Å². The first-order valence-corrected chi connectivity index (χ1v) is 12.6. The standard InChI is InChI=1S/C29H37NO6/c1-28(2)13-19-25(21(31)15-28)24(17-8-9-23(36-6)18(12-17)27(33)34)26-20(30(19)10-7-11-35-5)14-29(3,4)16-22(26)32/h8-9,12,24H,7,10-11,13-16H2,1-6H3,(H,33,34). The van der Waals surface area contributed by atoms with Gasteiger partial charge >= 0.3 is 5.97 Å². The number of allylic oxidation sites excluding steroid dienone is 4. The van der Waals surface area contributed by atoms with Crippen molar-refractivity contribution < 1.29 is 29.0 Å². The molecule has 0 saturated carbocycles. The Hall–Kier alpha value is -2.93. The molecule has 0 amide bonds. The van der Waals surface area contributed by atoms with Crippen molar-refractivity contribution in [2.24, 2.45) is 10.8 Å². The van der Waals surface area contributed by atoms with Crippen LogP contribution in [0.15, 0.2) is 40.7 Å². The molecule has 3 aliphatic rings. The molecule has 1 heterocycles. The summed E-state index contributed by atoms with van der Waals surface area (Å²) < 4.78 is 10.6. The number of carboxylic acids is 1. The maximum atomic E-state index is 13.8. The summed E-state index contributed by atoms with van der Waals surface area (Å²) in [5.74, 6) is -1.38. The zero-order valence-corrected chi connectivity index (χ0v) is 22.2. The number of carboxylic acid groups (broad SMARTS) is 1. The molecule has 0 radical (unpaired) electrons. The van der Waals surface area contributed by atoms with Crippen molar-refractivity contribution in [3.8, 4) is 5.75 Å². The predicted octanol–water partition coefficient (Wildman–Crippen LogP) is 5.12. The third-order valence-corrected chi connectivity index (χ3v) is 7.54. The molecule has 1 aliphatic heterocycles. The number of carbonyl (C=O) groups excluding carboxylic acids is 2. The van der Waals surface area contributed by atoms with Crippen molar-refractivity contribution in [2.75, 3.05) is 27.4 Å². The van der Waals surface area contributed by atoms with Gasteiger partial charge in [-0.1, -0.05) is 33.8 Å². The summed E-state index contributed by atoms with van der Waals surface area (Å²) in [6.45, 7) is 9.66. The van der Waals surface area contributed by atoms with Gasteiger partial charge in [-0.2, -0.15) is 0 Å². The largest absolute Gasteiger partial charge is 0.496 e. The quantitative estimate of drug-likeness (QED) is 0.525. The number of hydrogen-bond donors (Lipinski definition) is 1. The Bertz CT molecular complexity index is 1120. The lowest BCUT2D eigenvalue weighted by Crippen LogP contribution is -2.44. The van der Waals surface area contributed by atoms with Crippen LogP contribution in [-0.4, -0.2) is 54.9 Å². The number of nitrogens with zero attached hydrogens (tertiary/aromatic N) is 1. The fourth-order valence-electron chi connectivity index (χ4n) is 6.09. The van der Waals surface area contributed by atoms with Crippen molar-refractivity contribution in [1.82, 2.24) is 4.90 Å². The highest BCUT2D eigenvalue weighted by Crippen LogP contribution is 2.54. The number of Topliss-reactive ketones (excluding diaryl/α,β-unsaturated/α-hetero) is 2. The molecule has 7 heteroatoms. The lowest BCUT2D eigenvalue weighted by Gasteiger charge is -2.49. The topological polar surface area (TPSA) is 93.1 Å². The van der Waals surface area contributed by atoms with Crippen molar-refractivity contribution in [2.45, 2.75) is 65.7 Å². The van der Waals surface area contributed by atoms with E-state index in [1.54, 1.807) is 25.3 Å². The van der Waals surface area contributed by atoms with Gasteiger partial charge in [0, 0.05) is 61.6 Å². The van der Waals surface area contributed by atoms with Crippen molar-refractivity contribution in [3.63, 3.8) is 0 Å². The summed E-state index contributed by atoms with van der Waals surface area (Å²) in [5.41, 5.74) is 3.46. The summed E-state index contributed by atoms with van der Waals surface area (Å²) in [5, 5.41) is 9.83. The third kappa shape index (κ3) is 4.73. The SMILES string of the molecule is COCCCN1C2=C(C(=O)CC(C)(C)C2)C(c2ccc(OC)c(C(=O)O)c2)C2=C1CC(C)(C)CC2=O. The molecule has 0 spiro atoms. The van der Waals surface area contributed by atoms with Gasteiger partial charge in [-0.05, 0) is 47.8 Å². The third-order valence-electron chi connectivity index (χ3n) is 7.54. The Morgan fingerprint density at radius 1 is 0.972 bits per heavy atom. The number of ether oxygens (including phenoxy) is 2. The van der Waals surface area contributed by atoms with Crippen molar-refractivity contribution in [1.29, 1.82) is 0 Å². The Labute approximate surface area is 213 Å². The van der Waals surface area contributed by atoms with Crippen LogP contribution in [0.1, 0.15) is 81.6 Å². The Morgan fingerprint density at radius 3 is 2.00 bits per heavy atom. The summed E-state index contributed by atoms with van der Waals surface area (Å²) in [6.07, 6.45) is 2.97. The Kier molecular flexibility index (Phi) is 6.90. The first-order chi connectivity index (χ1) is 16.9. The highest BCUT2D eigenvalue weighted by Gasteiger charge is 2.49. The highest BCUT2D eigenvalue weighted by molar-refractivity contribution is 6.07. The molecule has 4 rings (SSSR count). The molecule has 1 N–H and O–H groups in total. The molecule has 0 aromatic heterocycles. The van der Waals surface area contributed by atoms with Crippen LogP contribution in [0, 0.1) is 10.8 Å². The van der Waals surface area contributed by atoms with Crippen LogP contribution in [0.3, 0.4) is 0 Å². The molecule has 36 heavy (non-hydrogen) atoms. The zero-order valence-electron chi connectivity index (χ0n) is 22.2. The predicted molar refractivity (Wildman–Crippen MR) is 136 cm³/mol. The van der Waals surface area contributed by atoms with E-state index in [1.807, 2.05) is 0 Å². The molecule has 0 unspecified atom stereocenters. The zero-order chi connectivity index (χ0) is 26.4. The average Bonchev–Trinajstić information content (AvgIpc) is 2.77. The molecule has 0 bridgehead atoms. The van der Waals surface area contributed by atoms with E-state index in [0.717, 1.165) is 17.8 Å². The summed E-state index contributed by atoms with van der Waals surface area (Å²) in [7, 11) is 3.10. The van der Waals surface area contributed by atoms with E-state index >= 15 is 0 Å². The van der Waals surface area contributed by atoms with Crippen molar-refractivity contribution in [3.05, 3.63) is 51.9 Å². The second kappa shape index (κ2) is 9.51. The van der Waals surface area contributed by atoms with E-state index < -0.39 is 11.9 Å². The monoisotopic (exact) mass is 495 g/mol. The van der Waals surface area contributed by atoms with Crippen molar-refractivity contribution >= 4 is 17.5 Å². The van der Waals surface area contributed by atoms with Gasteiger partial charge in [-0.25, -0.2) is 4.79 Å². The molecule has 0 atom stereocenters. The first kappa shape index (κ1) is 26.1. The molecule has 1 aromatic rings. The van der Waals surface area contributed by atoms with Crippen LogP contribution < -0.4 is 4.74 Å². The minimum absolute atomic E-state index is 0.0222. The number of benzene rings is 1. The van der Waals surface area contributed by atoms with E-state index in [0.29, 0.717) is 55.5 Å². The van der Waals surface area contributed by atoms with E-state index in [4.69, 9.17) is 9.47 Å². The minimum atomic E-state index is -1.11. The van der Waals surface area contributed by atoms with E-state index in [1.165, 1.54) is 7.11 Å². The van der Waals surface area contributed by atoms with Gasteiger partial charge in [-0.15, -0.1) is 0 Å². The number of ketones is 2. The normalized spacial score (nSPS) is 21.4.